The van der Waals surface area contributed by atoms with Crippen LogP contribution in [0.1, 0.15) is 0 Å². The van der Waals surface area contributed by atoms with Crippen molar-refractivity contribution < 1.29 is 76.2 Å². The fourth-order valence-corrected chi connectivity index (χ4v) is 0. The summed E-state index contributed by atoms with van der Waals surface area (Å²) in [6.45, 7) is 23.8. The van der Waals surface area contributed by atoms with Crippen molar-refractivity contribution >= 4 is 0 Å². The van der Waals surface area contributed by atoms with Crippen LogP contribution in [0.4, 0.5) is 0 Å². The van der Waals surface area contributed by atoms with E-state index < -0.39 is 0 Å². The second-order valence-electron chi connectivity index (χ2n) is 0. The number of hydrogen-bond donors (Lipinski definition) is 0. The first-order valence-electron chi connectivity index (χ1n) is 1.30. The molecular formula is C5FeN6Na2O-. The fourth-order valence-electron chi connectivity index (χ4n) is 0. The van der Waals surface area contributed by atoms with E-state index in [-0.39, 0.29) is 76.2 Å². The number of nitroso groups, excluding NO2 is 1. The summed E-state index contributed by atoms with van der Waals surface area (Å²) in [5.74, 6) is 0. The molecule has 0 heterocycles. The van der Waals surface area contributed by atoms with E-state index in [2.05, 4.69) is 0 Å². The van der Waals surface area contributed by atoms with Gasteiger partial charge >= 0.3 is 76.2 Å². The normalized spacial score (nSPS) is 0.933. The quantitative estimate of drug-likeness (QED) is 0.313. The van der Waals surface area contributed by atoms with Gasteiger partial charge in [-0.3, -0.25) is 0 Å². The zero-order valence-electron chi connectivity index (χ0n) is 7.95. The molecule has 0 saturated heterocycles. The predicted octanol–water partition coefficient (Wildman–Crippen LogP) is -5.19. The molecule has 0 bridgehead atoms. The molecular weight excluding hydrogens is 262 g/mol. The van der Waals surface area contributed by atoms with Crippen molar-refractivity contribution in [1.82, 2.24) is 0 Å². The molecule has 7 nitrogen and oxygen atoms in total. The number of hydrogen-bond acceptors (Lipinski definition) is 6. The van der Waals surface area contributed by atoms with Crippen LogP contribution in [0.25, 0.3) is 5.59 Å². The third-order valence-electron chi connectivity index (χ3n) is 0. The summed E-state index contributed by atoms with van der Waals surface area (Å²) in [6.07, 6.45) is 0. The van der Waals surface area contributed by atoms with Gasteiger partial charge in [0.2, 0.25) is 0 Å². The molecule has 0 N–H and O–H groups in total. The molecule has 0 rings (SSSR count). The monoisotopic (exact) mass is 262 g/mol. The van der Waals surface area contributed by atoms with Gasteiger partial charge in [0.25, 0.3) is 0 Å². The molecule has 0 spiro atoms. The Morgan fingerprint density at radius 3 is 0.533 bits per heavy atom. The van der Waals surface area contributed by atoms with Crippen LogP contribution in [0.5, 0.6) is 0 Å². The Labute approximate surface area is 144 Å². The molecule has 0 aromatic heterocycles. The van der Waals surface area contributed by atoms with Crippen LogP contribution in [0, 0.1) is 64.1 Å². The van der Waals surface area contributed by atoms with E-state index in [1.165, 1.54) is 0 Å². The summed E-state index contributed by atoms with van der Waals surface area (Å²) >= 11 is 0. The number of rotatable bonds is 0. The van der Waals surface area contributed by atoms with E-state index >= 15 is 0 Å². The van der Waals surface area contributed by atoms with Crippen molar-refractivity contribution in [3.63, 3.8) is 0 Å². The van der Waals surface area contributed by atoms with Crippen LogP contribution in [-0.4, -0.2) is 0 Å². The first-order valence-corrected chi connectivity index (χ1v) is 1.30. The number of nitrogens with zero attached hydrogens (tertiary/aromatic N) is 6. The third kappa shape index (κ3) is 9800. The summed E-state index contributed by atoms with van der Waals surface area (Å²) in [5, 5.41) is 31.2. The molecule has 1 radical (unpaired) electrons. The van der Waals surface area contributed by atoms with Crippen molar-refractivity contribution in [3.05, 3.63) is 43.4 Å². The molecule has 0 aromatic carbocycles. The van der Waals surface area contributed by atoms with Crippen molar-refractivity contribution in [3.8, 4) is 0 Å². The van der Waals surface area contributed by atoms with Crippen molar-refractivity contribution in [1.29, 1.82) is 26.3 Å². The summed E-state index contributed by atoms with van der Waals surface area (Å²) in [6, 6.07) is 0. The van der Waals surface area contributed by atoms with Crippen LogP contribution in [-0.2, 0) is 17.1 Å². The first kappa shape index (κ1) is 86.5. The minimum atomic E-state index is 0. The van der Waals surface area contributed by atoms with Gasteiger partial charge in [-0.1, -0.05) is 0 Å². The Bertz CT molecular complexity index is 98.9. The molecule has 0 aliphatic rings. The molecule has 15 heavy (non-hydrogen) atoms. The molecule has 0 atom stereocenters. The molecule has 0 aromatic rings. The van der Waals surface area contributed by atoms with E-state index in [0.29, 0.717) is 0 Å². The van der Waals surface area contributed by atoms with Crippen LogP contribution >= 0.6 is 0 Å². The molecule has 10 heteroatoms. The Morgan fingerprint density at radius 1 is 0.533 bits per heavy atom. The van der Waals surface area contributed by atoms with Crippen molar-refractivity contribution in [2.24, 2.45) is 0 Å². The van der Waals surface area contributed by atoms with Gasteiger partial charge in [0.15, 0.2) is 0 Å². The van der Waals surface area contributed by atoms with Gasteiger partial charge in [-0.05, 0) is 0 Å². The van der Waals surface area contributed by atoms with Gasteiger partial charge < -0.3 is 69.7 Å². The Hall–Kier alpha value is -0.431. The molecule has 0 aliphatic heterocycles. The van der Waals surface area contributed by atoms with E-state index in [9.17, 15) is 0 Å². The van der Waals surface area contributed by atoms with Gasteiger partial charge in [-0.25, -0.2) is 0 Å². The minimum absolute atomic E-state index is 0. The maximum atomic E-state index is 7.25. The van der Waals surface area contributed by atoms with Crippen LogP contribution in [0.2, 0.25) is 0 Å². The van der Waals surface area contributed by atoms with Gasteiger partial charge in [-0.15, -0.1) is 0 Å². The van der Waals surface area contributed by atoms with Crippen LogP contribution in [0.15, 0.2) is 0 Å². The molecule has 67 valence electrons. The van der Waals surface area contributed by atoms with Gasteiger partial charge in [-0.2, -0.15) is 0 Å². The van der Waals surface area contributed by atoms with Crippen molar-refractivity contribution in [2.45, 2.75) is 0 Å². The fraction of sp³-hybridized carbons (Fsp3) is 0. The average molecular weight is 262 g/mol. The Kier molecular flexibility index (Phi) is 66700. The maximum Gasteiger partial charge on any atom is 3.00 e. The SMILES string of the molecule is [C-]#N.[C-]#N.[C-]#N.[C-]#N.[C-]#N.[Fe+3].[N-]=O.[Na+].[Na+]. The molecule has 0 saturated carbocycles. The summed E-state index contributed by atoms with van der Waals surface area (Å²) < 4.78 is 0. The zero-order valence-corrected chi connectivity index (χ0v) is 13.0. The van der Waals surface area contributed by atoms with Gasteiger partial charge in [0, 0.05) is 0 Å². The average Bonchev–Trinajstić information content (AvgIpc) is 2.33. The minimum Gasteiger partial charge on any atom is -0.577 e. The van der Waals surface area contributed by atoms with Crippen LogP contribution in [0.3, 0.4) is 0 Å². The van der Waals surface area contributed by atoms with E-state index in [1.807, 2.05) is 0 Å². The summed E-state index contributed by atoms with van der Waals surface area (Å²) in [5.41, 5.74) is 5.75. The van der Waals surface area contributed by atoms with E-state index in [4.69, 9.17) is 69.7 Å². The molecule has 0 unspecified atom stereocenters. The largest absolute Gasteiger partial charge is 3.00 e. The van der Waals surface area contributed by atoms with E-state index in [1.54, 1.807) is 0 Å². The Morgan fingerprint density at radius 2 is 0.533 bits per heavy atom. The van der Waals surface area contributed by atoms with Crippen LogP contribution < -0.4 is 59.1 Å². The standard InChI is InChI=1S/5CN.Fe.NO.2Na/c5*1-2;;1-2;;/q5*-1;+3;-1;2*+1. The Balaban J connectivity index is -0.00000000396. The van der Waals surface area contributed by atoms with E-state index in [0.717, 1.165) is 0 Å². The topological polar surface area (TPSA) is 158 Å². The molecule has 0 amide bonds. The van der Waals surface area contributed by atoms with Crippen molar-refractivity contribution in [2.75, 3.05) is 0 Å². The maximum absolute atomic E-state index is 7.25. The van der Waals surface area contributed by atoms with Gasteiger partial charge in [0.05, 0.1) is 0 Å². The molecule has 0 fully saturated rings. The smallest absolute Gasteiger partial charge is 0.577 e. The zero-order chi connectivity index (χ0) is 12.0. The molecule has 0 aliphatic carbocycles. The predicted molar refractivity (Wildman–Crippen MR) is 31.6 cm³/mol. The van der Waals surface area contributed by atoms with Gasteiger partial charge in [0.1, 0.15) is 0 Å². The second-order valence-corrected chi connectivity index (χ2v) is 0. The second kappa shape index (κ2) is 11600. The summed E-state index contributed by atoms with van der Waals surface area (Å²) in [4.78, 5) is 7.25. The summed E-state index contributed by atoms with van der Waals surface area (Å²) in [7, 11) is 0. The first-order chi connectivity index (χ1) is 6.00. The third-order valence-corrected chi connectivity index (χ3v) is 0.